The van der Waals surface area contributed by atoms with Crippen molar-refractivity contribution in [2.24, 2.45) is 0 Å². The summed E-state index contributed by atoms with van der Waals surface area (Å²) in [6, 6.07) is 0. The van der Waals surface area contributed by atoms with E-state index in [2.05, 4.69) is 14.7 Å². The Kier molecular flexibility index (Phi) is 1.99. The second kappa shape index (κ2) is 3.17. The first kappa shape index (κ1) is 8.79. The zero-order chi connectivity index (χ0) is 10.1. The fourth-order valence-electron chi connectivity index (χ4n) is 1.11. The van der Waals surface area contributed by atoms with Crippen LogP contribution >= 0.6 is 0 Å². The van der Waals surface area contributed by atoms with Gasteiger partial charge < -0.3 is 4.74 Å². The number of anilines is 1. The van der Waals surface area contributed by atoms with Crippen molar-refractivity contribution in [1.82, 2.24) is 9.97 Å². The number of amides is 1. The molecule has 0 N–H and O–H groups in total. The zero-order valence-corrected chi connectivity index (χ0v) is 6.91. The Morgan fingerprint density at radius 3 is 2.93 bits per heavy atom. The van der Waals surface area contributed by atoms with Gasteiger partial charge in [-0.2, -0.15) is 9.37 Å². The molecule has 74 valence electrons. The molecule has 0 aromatic carbocycles. The van der Waals surface area contributed by atoms with Gasteiger partial charge in [-0.25, -0.2) is 14.2 Å². The van der Waals surface area contributed by atoms with E-state index in [9.17, 15) is 13.6 Å². The summed E-state index contributed by atoms with van der Waals surface area (Å²) in [6.45, 7) is 0.302. The van der Waals surface area contributed by atoms with Crippen LogP contribution < -0.4 is 4.90 Å². The van der Waals surface area contributed by atoms with Gasteiger partial charge in [0.15, 0.2) is 11.6 Å². The normalized spacial score (nSPS) is 15.9. The van der Waals surface area contributed by atoms with E-state index in [1.54, 1.807) is 0 Å². The number of hydrogen-bond donors (Lipinski definition) is 0. The summed E-state index contributed by atoms with van der Waals surface area (Å²) in [5.41, 5.74) is 0. The number of cyclic esters (lactones) is 1. The van der Waals surface area contributed by atoms with Gasteiger partial charge in [0.2, 0.25) is 0 Å². The van der Waals surface area contributed by atoms with Crippen LogP contribution in [0.4, 0.5) is 19.4 Å². The number of nitrogens with zero attached hydrogens (tertiary/aromatic N) is 3. The van der Waals surface area contributed by atoms with Crippen LogP contribution in [0.1, 0.15) is 0 Å². The number of carbonyl (C=O) groups excluding carboxylic acids is 1. The fourth-order valence-corrected chi connectivity index (χ4v) is 1.11. The Labute approximate surface area is 77.3 Å². The lowest BCUT2D eigenvalue weighted by Crippen LogP contribution is -2.26. The number of rotatable bonds is 1. The van der Waals surface area contributed by atoms with Gasteiger partial charge in [0.1, 0.15) is 6.61 Å². The van der Waals surface area contributed by atoms with Crippen molar-refractivity contribution in [3.63, 3.8) is 0 Å². The van der Waals surface area contributed by atoms with Crippen molar-refractivity contribution in [1.29, 1.82) is 0 Å². The van der Waals surface area contributed by atoms with Crippen molar-refractivity contribution in [3.05, 3.63) is 18.1 Å². The van der Waals surface area contributed by atoms with E-state index in [0.29, 0.717) is 6.20 Å². The number of hydrogen-bond acceptors (Lipinski definition) is 4. The van der Waals surface area contributed by atoms with Crippen LogP contribution in [-0.2, 0) is 4.74 Å². The molecule has 0 spiro atoms. The molecule has 0 atom stereocenters. The van der Waals surface area contributed by atoms with Crippen LogP contribution in [0.3, 0.4) is 0 Å². The second-order valence-electron chi connectivity index (χ2n) is 2.58. The summed E-state index contributed by atoms with van der Waals surface area (Å²) in [6.07, 6.45) is -1.15. The lowest BCUT2D eigenvalue weighted by molar-refractivity contribution is 0.181. The molecule has 0 aliphatic carbocycles. The molecular weight excluding hydrogens is 196 g/mol. The van der Waals surface area contributed by atoms with Crippen molar-refractivity contribution in [2.45, 2.75) is 0 Å². The highest BCUT2D eigenvalue weighted by Crippen LogP contribution is 2.18. The molecule has 14 heavy (non-hydrogen) atoms. The molecule has 0 radical (unpaired) electrons. The van der Waals surface area contributed by atoms with Crippen LogP contribution in [0.15, 0.2) is 6.20 Å². The van der Waals surface area contributed by atoms with Gasteiger partial charge >= 0.3 is 12.2 Å². The average Bonchev–Trinajstić information content (AvgIpc) is 2.56. The monoisotopic (exact) mass is 201 g/mol. The number of ether oxygens (including phenoxy) is 1. The van der Waals surface area contributed by atoms with E-state index in [-0.39, 0.29) is 19.0 Å². The summed E-state index contributed by atoms with van der Waals surface area (Å²) in [5.74, 6) is -1.25. The smallest absolute Gasteiger partial charge is 0.415 e. The van der Waals surface area contributed by atoms with E-state index in [4.69, 9.17) is 0 Å². The van der Waals surface area contributed by atoms with Crippen molar-refractivity contribution < 1.29 is 18.3 Å². The summed E-state index contributed by atoms with van der Waals surface area (Å²) < 4.78 is 30.2. The molecule has 1 aliphatic heterocycles. The summed E-state index contributed by atoms with van der Waals surface area (Å²) >= 11 is 0. The average molecular weight is 201 g/mol. The lowest BCUT2D eigenvalue weighted by Gasteiger charge is -2.10. The predicted molar refractivity (Wildman–Crippen MR) is 40.6 cm³/mol. The first-order valence-electron chi connectivity index (χ1n) is 3.81. The van der Waals surface area contributed by atoms with E-state index in [1.807, 2.05) is 0 Å². The molecule has 0 unspecified atom stereocenters. The number of aromatic nitrogens is 2. The Balaban J connectivity index is 2.39. The molecular formula is C7H5F2N3O2. The fraction of sp³-hybridized carbons (Fsp3) is 0.286. The Bertz CT molecular complexity index is 385. The molecule has 2 heterocycles. The third-order valence-electron chi connectivity index (χ3n) is 1.71. The first-order valence-corrected chi connectivity index (χ1v) is 3.81. The van der Waals surface area contributed by atoms with Crippen molar-refractivity contribution in [2.75, 3.05) is 18.1 Å². The lowest BCUT2D eigenvalue weighted by atomic mass is 10.5. The maximum Gasteiger partial charge on any atom is 0.415 e. The van der Waals surface area contributed by atoms with Crippen molar-refractivity contribution in [3.8, 4) is 0 Å². The van der Waals surface area contributed by atoms with Gasteiger partial charge in [-0.15, -0.1) is 0 Å². The number of carbonyl (C=O) groups is 1. The molecule has 1 aliphatic rings. The molecule has 7 heteroatoms. The van der Waals surface area contributed by atoms with Gasteiger partial charge in [0, 0.05) is 0 Å². The molecule has 0 saturated carbocycles. The minimum absolute atomic E-state index is 0.143. The van der Waals surface area contributed by atoms with Gasteiger partial charge in [0.25, 0.3) is 0 Å². The Morgan fingerprint density at radius 1 is 1.50 bits per heavy atom. The summed E-state index contributed by atoms with van der Waals surface area (Å²) in [7, 11) is 0. The molecule has 1 fully saturated rings. The Morgan fingerprint density at radius 2 is 2.29 bits per heavy atom. The molecule has 0 bridgehead atoms. The highest BCUT2D eigenvalue weighted by Gasteiger charge is 2.27. The summed E-state index contributed by atoms with van der Waals surface area (Å²) in [5, 5.41) is 0. The largest absolute Gasteiger partial charge is 0.447 e. The molecule has 2 rings (SSSR count). The molecule has 1 aromatic heterocycles. The number of halogens is 2. The van der Waals surface area contributed by atoms with E-state index in [1.165, 1.54) is 0 Å². The highest BCUT2D eigenvalue weighted by molar-refractivity contribution is 5.88. The van der Waals surface area contributed by atoms with Crippen LogP contribution in [-0.4, -0.2) is 29.2 Å². The third-order valence-corrected chi connectivity index (χ3v) is 1.71. The van der Waals surface area contributed by atoms with Crippen LogP contribution in [0.5, 0.6) is 0 Å². The van der Waals surface area contributed by atoms with Crippen LogP contribution in [0.25, 0.3) is 0 Å². The van der Waals surface area contributed by atoms with Gasteiger partial charge in [-0.05, 0) is 0 Å². The van der Waals surface area contributed by atoms with E-state index in [0.717, 1.165) is 4.90 Å². The maximum absolute atomic E-state index is 13.1. The highest BCUT2D eigenvalue weighted by atomic mass is 19.1. The Hall–Kier alpha value is -1.79. The summed E-state index contributed by atoms with van der Waals surface area (Å²) in [4.78, 5) is 18.1. The first-order chi connectivity index (χ1) is 6.68. The predicted octanol–water partition coefficient (Wildman–Crippen LogP) is 0.711. The van der Waals surface area contributed by atoms with E-state index < -0.39 is 18.0 Å². The molecule has 1 amide bonds. The zero-order valence-electron chi connectivity index (χ0n) is 6.91. The minimum atomic E-state index is -1.08. The molecule has 5 nitrogen and oxygen atoms in total. The second-order valence-corrected chi connectivity index (χ2v) is 2.58. The standard InChI is InChI=1S/C7H5F2N3O2/c8-4-3-10-6(9)11-5(4)12-1-2-14-7(12)13/h3H,1-2H2. The van der Waals surface area contributed by atoms with E-state index >= 15 is 0 Å². The topological polar surface area (TPSA) is 55.3 Å². The van der Waals surface area contributed by atoms with Gasteiger partial charge in [-0.3, -0.25) is 4.90 Å². The third kappa shape index (κ3) is 1.36. The van der Waals surface area contributed by atoms with Gasteiger partial charge in [0.05, 0.1) is 12.7 Å². The van der Waals surface area contributed by atoms with Crippen LogP contribution in [0, 0.1) is 11.9 Å². The van der Waals surface area contributed by atoms with Crippen molar-refractivity contribution >= 4 is 11.9 Å². The maximum atomic E-state index is 13.1. The molecule has 1 saturated heterocycles. The SMILES string of the molecule is O=C1OCCN1c1nc(F)ncc1F. The minimum Gasteiger partial charge on any atom is -0.447 e. The quantitative estimate of drug-likeness (QED) is 0.628. The molecule has 1 aromatic rings. The van der Waals surface area contributed by atoms with Crippen LogP contribution in [0.2, 0.25) is 0 Å². The van der Waals surface area contributed by atoms with Gasteiger partial charge in [-0.1, -0.05) is 0 Å².